The molecule has 2 aromatic rings. The van der Waals surface area contributed by atoms with Crippen molar-refractivity contribution < 1.29 is 35.1 Å². The van der Waals surface area contributed by atoms with Crippen molar-refractivity contribution in [1.29, 1.82) is 0 Å². The van der Waals surface area contributed by atoms with E-state index in [0.29, 0.717) is 30.6 Å². The molecule has 2 saturated carbocycles. The Balaban J connectivity index is 1.35. The zero-order chi connectivity index (χ0) is 28.7. The van der Waals surface area contributed by atoms with Crippen molar-refractivity contribution in [3.05, 3.63) is 106 Å². The Labute approximate surface area is 232 Å². The molecule has 6 unspecified atom stereocenters. The standard InChI is InChI=1S/C33H26F8/c34-26-22-21(23-25(24(22)28(36)32(40)30(26)38)29(37)33(41)31(39)27(23)35)20-18(13-17-7-3-4-8-19(17)20)10-9-14-11-15-5-1-2-6-16(15)12-14/h1-8,14-21H,9-13H2. The van der Waals surface area contributed by atoms with Crippen LogP contribution in [-0.2, 0) is 0 Å². The Morgan fingerprint density at radius 1 is 0.488 bits per heavy atom. The molecule has 2 aromatic carbocycles. The second-order valence-electron chi connectivity index (χ2n) is 12.2. The number of halogens is 8. The van der Waals surface area contributed by atoms with E-state index in [0.717, 1.165) is 19.3 Å². The van der Waals surface area contributed by atoms with Crippen LogP contribution in [0.3, 0.4) is 0 Å². The van der Waals surface area contributed by atoms with Crippen LogP contribution in [0.25, 0.3) is 11.1 Å². The molecule has 0 heterocycles. The molecule has 0 saturated heterocycles. The Bertz CT molecular complexity index is 1480. The van der Waals surface area contributed by atoms with Crippen LogP contribution in [0.5, 0.6) is 0 Å². The minimum atomic E-state index is -2.22. The molecular formula is C33H26F8. The van der Waals surface area contributed by atoms with Gasteiger partial charge in [0, 0.05) is 28.2 Å². The lowest BCUT2D eigenvalue weighted by molar-refractivity contribution is 0.266. The van der Waals surface area contributed by atoms with Crippen molar-refractivity contribution in [3.8, 4) is 11.1 Å². The van der Waals surface area contributed by atoms with Crippen LogP contribution in [-0.4, -0.2) is 0 Å². The van der Waals surface area contributed by atoms with Gasteiger partial charge in [-0.15, -0.1) is 0 Å². The summed E-state index contributed by atoms with van der Waals surface area (Å²) in [5, 5.41) is 0. The summed E-state index contributed by atoms with van der Waals surface area (Å²) in [6.45, 7) is 0. The number of allylic oxidation sites excluding steroid dienone is 8. The van der Waals surface area contributed by atoms with Crippen LogP contribution in [0.15, 0.2) is 48.6 Å². The fourth-order valence-corrected chi connectivity index (χ4v) is 8.60. The average Bonchev–Trinajstić information content (AvgIpc) is 3.66. The second kappa shape index (κ2) is 9.70. The molecule has 0 aliphatic heterocycles. The van der Waals surface area contributed by atoms with Gasteiger partial charge >= 0.3 is 0 Å². The number of benzene rings is 2. The third kappa shape index (κ3) is 3.85. The van der Waals surface area contributed by atoms with E-state index < -0.39 is 80.6 Å². The van der Waals surface area contributed by atoms with E-state index in [2.05, 4.69) is 12.2 Å². The van der Waals surface area contributed by atoms with Gasteiger partial charge in [-0.05, 0) is 67.1 Å². The molecule has 0 nitrogen and oxygen atoms in total. The van der Waals surface area contributed by atoms with Gasteiger partial charge in [-0.25, -0.2) is 35.1 Å². The van der Waals surface area contributed by atoms with E-state index >= 15 is 17.6 Å². The largest absolute Gasteiger partial charge is 0.203 e. The maximum Gasteiger partial charge on any atom is 0.198 e. The normalized spacial score (nSPS) is 31.1. The first-order chi connectivity index (χ1) is 19.7. The third-order valence-corrected chi connectivity index (χ3v) is 10.3. The Morgan fingerprint density at radius 3 is 1.49 bits per heavy atom. The van der Waals surface area contributed by atoms with Gasteiger partial charge in [0.05, 0.1) is 0 Å². The minimum absolute atomic E-state index is 0.0732. The fraction of sp³-hybridized carbons (Fsp3) is 0.394. The maximum absolute atomic E-state index is 15.6. The van der Waals surface area contributed by atoms with E-state index in [1.165, 1.54) is 0 Å². The second-order valence-corrected chi connectivity index (χ2v) is 12.2. The molecule has 0 amide bonds. The highest BCUT2D eigenvalue weighted by Crippen LogP contribution is 2.61. The molecule has 0 radical (unpaired) electrons. The van der Waals surface area contributed by atoms with Crippen LogP contribution < -0.4 is 0 Å². The van der Waals surface area contributed by atoms with Gasteiger partial charge in [0.15, 0.2) is 46.5 Å². The lowest BCUT2D eigenvalue weighted by Crippen LogP contribution is -2.26. The first-order valence-corrected chi connectivity index (χ1v) is 14.1. The van der Waals surface area contributed by atoms with Gasteiger partial charge < -0.3 is 0 Å². The quantitative estimate of drug-likeness (QED) is 0.194. The summed E-state index contributed by atoms with van der Waals surface area (Å²) in [4.78, 5) is 0. The van der Waals surface area contributed by atoms with Gasteiger partial charge in [-0.1, -0.05) is 55.0 Å². The number of fused-ring (bicyclic) bond motifs is 5. The molecule has 8 heteroatoms. The summed E-state index contributed by atoms with van der Waals surface area (Å²) in [5.74, 6) is -17.8. The smallest absolute Gasteiger partial charge is 0.198 e. The third-order valence-electron chi connectivity index (χ3n) is 10.3. The first kappa shape index (κ1) is 26.7. The Kier molecular flexibility index (Phi) is 6.32. The molecule has 2 fully saturated rings. The molecule has 0 spiro atoms. The van der Waals surface area contributed by atoms with Crippen molar-refractivity contribution in [2.75, 3.05) is 0 Å². The summed E-state index contributed by atoms with van der Waals surface area (Å²) in [6, 6.07) is 0. The SMILES string of the molecule is Fc1c(F)c(F)c2c(c1F)-c1c(F)c(F)c(F)c(F)c1C2C1C(CCC2CC3C=CC=CC3C2)CC2C=CC=CC21. The monoisotopic (exact) mass is 574 g/mol. The molecule has 0 N–H and O–H groups in total. The van der Waals surface area contributed by atoms with E-state index in [1.807, 2.05) is 30.4 Å². The van der Waals surface area contributed by atoms with Gasteiger partial charge in [0.1, 0.15) is 0 Å². The van der Waals surface area contributed by atoms with E-state index in [-0.39, 0.29) is 17.8 Å². The molecule has 0 aromatic heterocycles. The molecular weight excluding hydrogens is 548 g/mol. The Morgan fingerprint density at radius 2 is 0.951 bits per heavy atom. The van der Waals surface area contributed by atoms with Crippen LogP contribution in [0.1, 0.15) is 49.1 Å². The summed E-state index contributed by atoms with van der Waals surface area (Å²) in [6.07, 6.45) is 19.9. The zero-order valence-electron chi connectivity index (χ0n) is 21.8. The molecule has 5 aliphatic carbocycles. The molecule has 5 aliphatic rings. The predicted molar refractivity (Wildman–Crippen MR) is 137 cm³/mol. The molecule has 6 atom stereocenters. The highest BCUT2D eigenvalue weighted by Gasteiger charge is 2.53. The van der Waals surface area contributed by atoms with Crippen molar-refractivity contribution in [2.45, 2.75) is 38.0 Å². The summed E-state index contributed by atoms with van der Waals surface area (Å²) in [5.41, 5.74) is -3.71. The molecule has 41 heavy (non-hydrogen) atoms. The topological polar surface area (TPSA) is 0 Å². The molecule has 214 valence electrons. The maximum atomic E-state index is 15.6. The first-order valence-electron chi connectivity index (χ1n) is 14.1. The van der Waals surface area contributed by atoms with Crippen LogP contribution in [0.2, 0.25) is 0 Å². The highest BCUT2D eigenvalue weighted by molar-refractivity contribution is 5.81. The van der Waals surface area contributed by atoms with Crippen molar-refractivity contribution in [2.24, 2.45) is 41.4 Å². The summed E-state index contributed by atoms with van der Waals surface area (Å²) < 4.78 is 120. The fourth-order valence-electron chi connectivity index (χ4n) is 8.60. The molecule has 7 rings (SSSR count). The van der Waals surface area contributed by atoms with Crippen molar-refractivity contribution in [1.82, 2.24) is 0 Å². The lowest BCUT2D eigenvalue weighted by atomic mass is 9.71. The summed E-state index contributed by atoms with van der Waals surface area (Å²) >= 11 is 0. The lowest BCUT2D eigenvalue weighted by Gasteiger charge is -2.33. The van der Waals surface area contributed by atoms with E-state index in [4.69, 9.17) is 0 Å². The zero-order valence-corrected chi connectivity index (χ0v) is 21.8. The van der Waals surface area contributed by atoms with E-state index in [1.54, 1.807) is 6.08 Å². The minimum Gasteiger partial charge on any atom is -0.203 e. The summed E-state index contributed by atoms with van der Waals surface area (Å²) in [7, 11) is 0. The van der Waals surface area contributed by atoms with Crippen LogP contribution in [0.4, 0.5) is 35.1 Å². The van der Waals surface area contributed by atoms with Gasteiger partial charge in [-0.3, -0.25) is 0 Å². The Hall–Kier alpha value is -3.16. The molecule has 0 bridgehead atoms. The van der Waals surface area contributed by atoms with Crippen LogP contribution >= 0.6 is 0 Å². The average molecular weight is 575 g/mol. The number of rotatable bonds is 4. The van der Waals surface area contributed by atoms with Gasteiger partial charge in [0.25, 0.3) is 0 Å². The van der Waals surface area contributed by atoms with E-state index in [9.17, 15) is 17.6 Å². The van der Waals surface area contributed by atoms with Crippen molar-refractivity contribution >= 4 is 0 Å². The highest BCUT2D eigenvalue weighted by atomic mass is 19.2. The van der Waals surface area contributed by atoms with Gasteiger partial charge in [-0.2, -0.15) is 0 Å². The number of hydrogen-bond donors (Lipinski definition) is 0. The predicted octanol–water partition coefficient (Wildman–Crippen LogP) is 9.45. The van der Waals surface area contributed by atoms with Crippen LogP contribution in [0, 0.1) is 88.0 Å². The van der Waals surface area contributed by atoms with Gasteiger partial charge in [0.2, 0.25) is 0 Å². The number of hydrogen-bond acceptors (Lipinski definition) is 0. The van der Waals surface area contributed by atoms with Crippen molar-refractivity contribution in [3.63, 3.8) is 0 Å².